The maximum Gasteiger partial charge on any atom is 0.407 e. The number of aromatic nitrogens is 2. The minimum absolute atomic E-state index is 0.134. The SMILES string of the molecule is CC(C)(C)OC(=O)NCC(O)Cn1cccn1. The third-order valence-electron chi connectivity index (χ3n) is 1.84. The molecule has 1 rings (SSSR count). The second-order valence-electron chi connectivity index (χ2n) is 4.76. The lowest BCUT2D eigenvalue weighted by atomic mass is 10.2. The van der Waals surface area contributed by atoms with E-state index in [1.165, 1.54) is 0 Å². The molecule has 1 aromatic heterocycles. The molecule has 96 valence electrons. The highest BCUT2D eigenvalue weighted by Crippen LogP contribution is 2.06. The van der Waals surface area contributed by atoms with Crippen molar-refractivity contribution in [3.05, 3.63) is 18.5 Å². The van der Waals surface area contributed by atoms with E-state index in [2.05, 4.69) is 10.4 Å². The fourth-order valence-corrected chi connectivity index (χ4v) is 1.20. The summed E-state index contributed by atoms with van der Waals surface area (Å²) in [5.41, 5.74) is -0.531. The van der Waals surface area contributed by atoms with Crippen LogP contribution in [0, 0.1) is 0 Å². The van der Waals surface area contributed by atoms with Crippen LogP contribution in [0.4, 0.5) is 4.79 Å². The van der Waals surface area contributed by atoms with Crippen molar-refractivity contribution in [1.82, 2.24) is 15.1 Å². The Kier molecular flexibility index (Phi) is 4.51. The van der Waals surface area contributed by atoms with Crippen molar-refractivity contribution in [2.75, 3.05) is 6.54 Å². The van der Waals surface area contributed by atoms with Gasteiger partial charge in [-0.2, -0.15) is 5.10 Å². The van der Waals surface area contributed by atoms with Gasteiger partial charge < -0.3 is 15.2 Å². The highest BCUT2D eigenvalue weighted by molar-refractivity contribution is 5.67. The van der Waals surface area contributed by atoms with E-state index in [1.54, 1.807) is 43.9 Å². The van der Waals surface area contributed by atoms with Gasteiger partial charge in [0.25, 0.3) is 0 Å². The number of alkyl carbamates (subject to hydrolysis) is 1. The van der Waals surface area contributed by atoms with E-state index in [4.69, 9.17) is 4.74 Å². The molecule has 0 aromatic carbocycles. The highest BCUT2D eigenvalue weighted by Gasteiger charge is 2.16. The number of amides is 1. The van der Waals surface area contributed by atoms with Crippen molar-refractivity contribution in [3.63, 3.8) is 0 Å². The van der Waals surface area contributed by atoms with Gasteiger partial charge in [-0.05, 0) is 26.8 Å². The molecule has 1 atom stereocenters. The molecule has 2 N–H and O–H groups in total. The average molecular weight is 241 g/mol. The molecular formula is C11H19N3O3. The number of nitrogens with zero attached hydrogens (tertiary/aromatic N) is 2. The molecule has 0 fully saturated rings. The highest BCUT2D eigenvalue weighted by atomic mass is 16.6. The number of aliphatic hydroxyl groups excluding tert-OH is 1. The smallest absolute Gasteiger partial charge is 0.407 e. The number of hydrogen-bond acceptors (Lipinski definition) is 4. The van der Waals surface area contributed by atoms with E-state index < -0.39 is 17.8 Å². The van der Waals surface area contributed by atoms with Gasteiger partial charge in [-0.3, -0.25) is 4.68 Å². The van der Waals surface area contributed by atoms with E-state index in [9.17, 15) is 9.90 Å². The number of carbonyl (C=O) groups is 1. The third kappa shape index (κ3) is 5.91. The molecule has 0 aliphatic carbocycles. The van der Waals surface area contributed by atoms with Gasteiger partial charge in [0.05, 0.1) is 12.6 Å². The van der Waals surface area contributed by atoms with E-state index in [0.29, 0.717) is 6.54 Å². The Morgan fingerprint density at radius 2 is 2.29 bits per heavy atom. The van der Waals surface area contributed by atoms with Crippen LogP contribution in [0.15, 0.2) is 18.5 Å². The number of ether oxygens (including phenoxy) is 1. The van der Waals surface area contributed by atoms with Crippen molar-refractivity contribution in [2.45, 2.75) is 39.0 Å². The van der Waals surface area contributed by atoms with Crippen LogP contribution in [0.2, 0.25) is 0 Å². The van der Waals surface area contributed by atoms with Crippen molar-refractivity contribution in [3.8, 4) is 0 Å². The summed E-state index contributed by atoms with van der Waals surface area (Å²) in [5.74, 6) is 0. The van der Waals surface area contributed by atoms with Crippen LogP contribution >= 0.6 is 0 Å². The number of aliphatic hydroxyl groups is 1. The summed E-state index contributed by atoms with van der Waals surface area (Å²) in [6.07, 6.45) is 2.16. The first-order chi connectivity index (χ1) is 7.87. The second-order valence-corrected chi connectivity index (χ2v) is 4.76. The molecule has 1 amide bonds. The maximum atomic E-state index is 11.3. The molecule has 6 heteroatoms. The van der Waals surface area contributed by atoms with E-state index in [0.717, 1.165) is 0 Å². The first-order valence-electron chi connectivity index (χ1n) is 5.49. The summed E-state index contributed by atoms with van der Waals surface area (Å²) in [6, 6.07) is 1.77. The Morgan fingerprint density at radius 1 is 1.59 bits per heavy atom. The number of hydrogen-bond donors (Lipinski definition) is 2. The molecule has 0 bridgehead atoms. The standard InChI is InChI=1S/C11H19N3O3/c1-11(2,3)17-10(16)12-7-9(15)8-14-6-4-5-13-14/h4-6,9,15H,7-8H2,1-3H3,(H,12,16). The monoisotopic (exact) mass is 241 g/mol. The lowest BCUT2D eigenvalue weighted by Crippen LogP contribution is -2.38. The average Bonchev–Trinajstić information content (AvgIpc) is 2.64. The van der Waals surface area contributed by atoms with Gasteiger partial charge in [-0.25, -0.2) is 4.79 Å². The van der Waals surface area contributed by atoms with Crippen molar-refractivity contribution >= 4 is 6.09 Å². The summed E-state index contributed by atoms with van der Waals surface area (Å²) >= 11 is 0. The summed E-state index contributed by atoms with van der Waals surface area (Å²) in [4.78, 5) is 11.3. The van der Waals surface area contributed by atoms with Gasteiger partial charge in [0.2, 0.25) is 0 Å². The van der Waals surface area contributed by atoms with Crippen molar-refractivity contribution in [1.29, 1.82) is 0 Å². The van der Waals surface area contributed by atoms with Crippen molar-refractivity contribution in [2.24, 2.45) is 0 Å². The van der Waals surface area contributed by atoms with Gasteiger partial charge in [0.15, 0.2) is 0 Å². The van der Waals surface area contributed by atoms with Gasteiger partial charge in [0.1, 0.15) is 5.60 Å². The van der Waals surface area contributed by atoms with Crippen LogP contribution in [0.1, 0.15) is 20.8 Å². The predicted octanol–water partition coefficient (Wildman–Crippen LogP) is 0.769. The van der Waals surface area contributed by atoms with Crippen LogP contribution in [0.25, 0.3) is 0 Å². The topological polar surface area (TPSA) is 76.4 Å². The Hall–Kier alpha value is -1.56. The van der Waals surface area contributed by atoms with Gasteiger partial charge in [-0.15, -0.1) is 0 Å². The number of rotatable bonds is 4. The van der Waals surface area contributed by atoms with E-state index in [-0.39, 0.29) is 6.54 Å². The molecule has 6 nitrogen and oxygen atoms in total. The summed E-state index contributed by atoms with van der Waals surface area (Å²) < 4.78 is 6.64. The summed E-state index contributed by atoms with van der Waals surface area (Å²) in [5, 5.41) is 16.1. The van der Waals surface area contributed by atoms with Gasteiger partial charge in [-0.1, -0.05) is 0 Å². The van der Waals surface area contributed by atoms with Crippen LogP contribution < -0.4 is 5.32 Å². The molecule has 0 aliphatic heterocycles. The largest absolute Gasteiger partial charge is 0.444 e. The summed E-state index contributed by atoms with van der Waals surface area (Å²) in [6.45, 7) is 5.82. The molecule has 0 saturated heterocycles. The molecular weight excluding hydrogens is 222 g/mol. The molecule has 17 heavy (non-hydrogen) atoms. The Bertz CT molecular complexity index is 343. The minimum Gasteiger partial charge on any atom is -0.444 e. The zero-order valence-corrected chi connectivity index (χ0v) is 10.4. The molecule has 1 heterocycles. The Labute approximate surface area is 101 Å². The molecule has 1 unspecified atom stereocenters. The normalized spacial score (nSPS) is 13.2. The van der Waals surface area contributed by atoms with Crippen molar-refractivity contribution < 1.29 is 14.6 Å². The minimum atomic E-state index is -0.692. The lowest BCUT2D eigenvalue weighted by Gasteiger charge is -2.20. The van der Waals surface area contributed by atoms with Crippen LogP contribution in [-0.4, -0.2) is 39.2 Å². The van der Waals surface area contributed by atoms with E-state index in [1.807, 2.05) is 0 Å². The molecule has 0 spiro atoms. The molecule has 0 radical (unpaired) electrons. The predicted molar refractivity (Wildman–Crippen MR) is 62.5 cm³/mol. The van der Waals surface area contributed by atoms with Gasteiger partial charge in [0, 0.05) is 18.9 Å². The van der Waals surface area contributed by atoms with Crippen LogP contribution in [0.3, 0.4) is 0 Å². The first-order valence-corrected chi connectivity index (χ1v) is 5.49. The lowest BCUT2D eigenvalue weighted by molar-refractivity contribution is 0.0482. The van der Waals surface area contributed by atoms with E-state index >= 15 is 0 Å². The molecule has 1 aromatic rings. The zero-order valence-electron chi connectivity index (χ0n) is 10.4. The summed E-state index contributed by atoms with van der Waals surface area (Å²) in [7, 11) is 0. The van der Waals surface area contributed by atoms with Gasteiger partial charge >= 0.3 is 6.09 Å². The third-order valence-corrected chi connectivity index (χ3v) is 1.84. The first kappa shape index (κ1) is 13.5. The maximum absolute atomic E-state index is 11.3. The zero-order chi connectivity index (χ0) is 12.9. The fourth-order valence-electron chi connectivity index (χ4n) is 1.20. The fraction of sp³-hybridized carbons (Fsp3) is 0.636. The number of carbonyl (C=O) groups excluding carboxylic acids is 1. The molecule has 0 saturated carbocycles. The quantitative estimate of drug-likeness (QED) is 0.816. The Balaban J connectivity index is 2.24. The molecule has 0 aliphatic rings. The van der Waals surface area contributed by atoms with Crippen LogP contribution in [-0.2, 0) is 11.3 Å². The second kappa shape index (κ2) is 5.67. The van der Waals surface area contributed by atoms with Crippen LogP contribution in [0.5, 0.6) is 0 Å². The Morgan fingerprint density at radius 3 is 2.82 bits per heavy atom. The number of nitrogens with one attached hydrogen (secondary N) is 1.